The van der Waals surface area contributed by atoms with Crippen LogP contribution in [0.4, 0.5) is 0 Å². The zero-order valence-corrected chi connectivity index (χ0v) is 12.9. The van der Waals surface area contributed by atoms with Gasteiger partial charge in [-0.05, 0) is 49.6 Å². The monoisotopic (exact) mass is 267 g/mol. The lowest BCUT2D eigenvalue weighted by Crippen LogP contribution is -1.90. The number of hydrogen-bond acceptors (Lipinski definition) is 1. The normalized spacial score (nSPS) is 14.7. The average Bonchev–Trinajstić information content (AvgIpc) is 2.96. The molecule has 1 aromatic rings. The molecule has 1 saturated carbocycles. The van der Waals surface area contributed by atoms with Gasteiger partial charge in [-0.15, -0.1) is 0 Å². The van der Waals surface area contributed by atoms with Crippen LogP contribution in [-0.4, -0.2) is 13.3 Å². The van der Waals surface area contributed by atoms with Crippen molar-refractivity contribution in [2.45, 2.75) is 52.4 Å². The second-order valence-corrected chi connectivity index (χ2v) is 4.49. The summed E-state index contributed by atoms with van der Waals surface area (Å²) < 4.78 is 0. The summed E-state index contributed by atoms with van der Waals surface area (Å²) in [7, 11) is 1.75. The Morgan fingerprint density at radius 2 is 1.56 bits per heavy atom. The molecule has 0 radical (unpaired) electrons. The molecule has 0 bridgehead atoms. The van der Waals surface area contributed by atoms with Crippen molar-refractivity contribution in [2.75, 3.05) is 7.05 Å². The molecule has 0 heterocycles. The van der Waals surface area contributed by atoms with E-state index in [4.69, 9.17) is 11.6 Å². The van der Waals surface area contributed by atoms with Gasteiger partial charge in [0, 0.05) is 12.1 Å². The third-order valence-corrected chi connectivity index (χ3v) is 3.21. The minimum atomic E-state index is 0.808. The molecule has 0 aromatic heterocycles. The van der Waals surface area contributed by atoms with Crippen molar-refractivity contribution in [1.29, 1.82) is 0 Å². The highest BCUT2D eigenvalue weighted by Gasteiger charge is 2.16. The molecule has 0 unspecified atom stereocenters. The molecule has 2 heteroatoms. The van der Waals surface area contributed by atoms with Gasteiger partial charge in [0.15, 0.2) is 0 Å². The number of hydrogen-bond donors (Lipinski definition) is 0. The van der Waals surface area contributed by atoms with E-state index in [1.165, 1.54) is 31.2 Å². The highest BCUT2D eigenvalue weighted by molar-refractivity contribution is 6.30. The van der Waals surface area contributed by atoms with E-state index in [9.17, 15) is 0 Å². The van der Waals surface area contributed by atoms with Crippen molar-refractivity contribution in [3.05, 3.63) is 34.9 Å². The van der Waals surface area contributed by atoms with Gasteiger partial charge >= 0.3 is 0 Å². The lowest BCUT2D eigenvalue weighted by molar-refractivity contribution is 0.723. The lowest BCUT2D eigenvalue weighted by Gasteiger charge is -2.08. The predicted octanol–water partition coefficient (Wildman–Crippen LogP) is 5.73. The van der Waals surface area contributed by atoms with Crippen LogP contribution in [0.5, 0.6) is 0 Å². The van der Waals surface area contributed by atoms with Gasteiger partial charge in [-0.3, -0.25) is 0 Å². The van der Waals surface area contributed by atoms with Crippen LogP contribution in [0, 0.1) is 0 Å². The predicted molar refractivity (Wildman–Crippen MR) is 84.1 cm³/mol. The number of nitrogens with zero attached hydrogens (tertiary/aromatic N) is 1. The molecule has 0 aliphatic heterocycles. The molecule has 1 aliphatic rings. The van der Waals surface area contributed by atoms with Crippen LogP contribution in [0.2, 0.25) is 5.02 Å². The van der Waals surface area contributed by atoms with Crippen LogP contribution in [-0.2, 0) is 0 Å². The van der Waals surface area contributed by atoms with Gasteiger partial charge in [0.25, 0.3) is 0 Å². The average molecular weight is 268 g/mol. The van der Waals surface area contributed by atoms with Crippen molar-refractivity contribution >= 4 is 17.8 Å². The highest BCUT2D eigenvalue weighted by Crippen LogP contribution is 2.34. The zero-order valence-electron chi connectivity index (χ0n) is 12.1. The maximum Gasteiger partial charge on any atom is 0.0406 e. The molecule has 0 amide bonds. The lowest BCUT2D eigenvalue weighted by atomic mass is 9.98. The van der Waals surface area contributed by atoms with Crippen molar-refractivity contribution in [2.24, 2.45) is 4.99 Å². The Labute approximate surface area is 117 Å². The molecule has 18 heavy (non-hydrogen) atoms. The van der Waals surface area contributed by atoms with Gasteiger partial charge in [0.2, 0.25) is 0 Å². The third-order valence-electron chi connectivity index (χ3n) is 2.95. The fraction of sp³-hybridized carbons (Fsp3) is 0.562. The zero-order chi connectivity index (χ0) is 13.8. The van der Waals surface area contributed by atoms with E-state index in [0.717, 1.165) is 10.9 Å². The molecule has 0 atom stereocenters. The smallest absolute Gasteiger partial charge is 0.0406 e. The third kappa shape index (κ3) is 6.80. The molecule has 0 saturated heterocycles. The molecule has 1 aliphatic carbocycles. The van der Waals surface area contributed by atoms with Gasteiger partial charge in [0.1, 0.15) is 0 Å². The van der Waals surface area contributed by atoms with Crippen LogP contribution in [0.3, 0.4) is 0 Å². The molecule has 0 N–H and O–H groups in total. The maximum absolute atomic E-state index is 5.82. The van der Waals surface area contributed by atoms with Crippen molar-refractivity contribution in [3.63, 3.8) is 0 Å². The van der Waals surface area contributed by atoms with Gasteiger partial charge in [-0.25, -0.2) is 0 Å². The van der Waals surface area contributed by atoms with Crippen LogP contribution in [0.1, 0.15) is 57.9 Å². The van der Waals surface area contributed by atoms with Crippen LogP contribution >= 0.6 is 11.6 Å². The number of aliphatic imine (C=N–C) groups is 1. The van der Waals surface area contributed by atoms with Gasteiger partial charge < -0.3 is 4.99 Å². The summed E-state index contributed by atoms with van der Waals surface area (Å²) in [4.78, 5) is 3.61. The fourth-order valence-corrected chi connectivity index (χ4v) is 2.12. The van der Waals surface area contributed by atoms with Crippen molar-refractivity contribution in [1.82, 2.24) is 0 Å². The van der Waals surface area contributed by atoms with Gasteiger partial charge in [-0.2, -0.15) is 0 Å². The molecule has 1 aromatic carbocycles. The summed E-state index contributed by atoms with van der Waals surface area (Å²) in [6.45, 7) is 5.89. The van der Waals surface area contributed by atoms with E-state index in [-0.39, 0.29) is 0 Å². The second kappa shape index (κ2) is 11.3. The molecular weight excluding hydrogens is 242 g/mol. The van der Waals surface area contributed by atoms with Gasteiger partial charge in [0.05, 0.1) is 0 Å². The highest BCUT2D eigenvalue weighted by atomic mass is 35.5. The van der Waals surface area contributed by atoms with E-state index in [0.29, 0.717) is 0 Å². The first-order valence-electron chi connectivity index (χ1n) is 6.90. The fourth-order valence-electron chi connectivity index (χ4n) is 1.99. The van der Waals surface area contributed by atoms with E-state index in [1.807, 2.05) is 32.9 Å². The summed E-state index contributed by atoms with van der Waals surface area (Å²) in [5.74, 6) is 0.808. The summed E-state index contributed by atoms with van der Waals surface area (Å²) in [5, 5.41) is 0.844. The molecule has 1 nitrogen and oxygen atoms in total. The Balaban J connectivity index is 0.000000415. The summed E-state index contributed by atoms with van der Waals surface area (Å²) in [5.41, 5.74) is 1.47. The molecular formula is C16H26ClN. The minimum absolute atomic E-state index is 0.808. The Kier molecular flexibility index (Phi) is 10.8. The molecule has 0 spiro atoms. The van der Waals surface area contributed by atoms with E-state index in [1.54, 1.807) is 13.3 Å². The van der Waals surface area contributed by atoms with Gasteiger partial charge in [-0.1, -0.05) is 50.4 Å². The topological polar surface area (TPSA) is 12.4 Å². The standard InChI is InChI=1S/C11H13Cl.C3H7N.C2H6/c12-11-7-5-10(6-8-11)9-3-1-2-4-9;1-3-4-2;1-2/h5-9H,1-4H2;3H,1-2H3;1-2H3. The Hall–Kier alpha value is -0.820. The summed E-state index contributed by atoms with van der Waals surface area (Å²) in [6, 6.07) is 8.32. The van der Waals surface area contributed by atoms with Crippen LogP contribution in [0.25, 0.3) is 0 Å². The number of halogens is 1. The van der Waals surface area contributed by atoms with E-state index >= 15 is 0 Å². The van der Waals surface area contributed by atoms with E-state index < -0.39 is 0 Å². The number of benzene rings is 1. The molecule has 1 fully saturated rings. The Morgan fingerprint density at radius 1 is 1.11 bits per heavy atom. The first-order chi connectivity index (χ1) is 8.77. The van der Waals surface area contributed by atoms with Crippen molar-refractivity contribution < 1.29 is 0 Å². The summed E-state index contributed by atoms with van der Waals surface area (Å²) >= 11 is 5.82. The molecule has 102 valence electrons. The van der Waals surface area contributed by atoms with Crippen molar-refractivity contribution in [3.8, 4) is 0 Å². The van der Waals surface area contributed by atoms with E-state index in [2.05, 4.69) is 17.1 Å². The first kappa shape index (κ1) is 17.2. The maximum atomic E-state index is 5.82. The van der Waals surface area contributed by atoms with Crippen LogP contribution in [0.15, 0.2) is 29.3 Å². The second-order valence-electron chi connectivity index (χ2n) is 4.05. The molecule has 2 rings (SSSR count). The summed E-state index contributed by atoms with van der Waals surface area (Å²) in [6.07, 6.45) is 7.27. The Morgan fingerprint density at radius 3 is 1.94 bits per heavy atom. The minimum Gasteiger partial charge on any atom is -0.301 e. The largest absolute Gasteiger partial charge is 0.301 e. The first-order valence-corrected chi connectivity index (χ1v) is 7.28. The Bertz CT molecular complexity index is 306. The SMILES string of the molecule is CC.CC=NC.Clc1ccc(C2CCCC2)cc1. The quantitative estimate of drug-likeness (QED) is 0.576. The van der Waals surface area contributed by atoms with Crippen LogP contribution < -0.4 is 0 Å². The number of rotatable bonds is 1.